The van der Waals surface area contributed by atoms with Gasteiger partial charge in [0.25, 0.3) is 0 Å². The lowest BCUT2D eigenvalue weighted by atomic mass is 9.43. The molecule has 4 fully saturated rings. The Balaban J connectivity index is 1.72. The van der Waals surface area contributed by atoms with E-state index in [0.29, 0.717) is 17.1 Å². The second-order valence-electron chi connectivity index (χ2n) is 10.3. The van der Waals surface area contributed by atoms with E-state index in [0.717, 1.165) is 24.2 Å². The van der Waals surface area contributed by atoms with Gasteiger partial charge in [0.15, 0.2) is 0 Å². The summed E-state index contributed by atoms with van der Waals surface area (Å²) in [4.78, 5) is 12.8. The molecule has 4 rings (SSSR count). The highest BCUT2D eigenvalue weighted by Gasteiger charge is 2.64. The van der Waals surface area contributed by atoms with Crippen molar-refractivity contribution in [3.05, 3.63) is 0 Å². The molecule has 0 saturated heterocycles. The molecule has 0 unspecified atom stereocenters. The number of fused-ring (bicyclic) bond motifs is 5. The fourth-order valence-electron chi connectivity index (χ4n) is 7.98. The summed E-state index contributed by atoms with van der Waals surface area (Å²) in [5.41, 5.74) is 0.819. The molecule has 124 valence electrons. The van der Waals surface area contributed by atoms with Crippen LogP contribution in [0.5, 0.6) is 0 Å². The molecule has 0 aliphatic heterocycles. The monoisotopic (exact) mass is 302 g/mol. The van der Waals surface area contributed by atoms with Crippen LogP contribution in [0.4, 0.5) is 0 Å². The number of carbonyl (C=O) groups is 1. The molecule has 0 N–H and O–H groups in total. The summed E-state index contributed by atoms with van der Waals surface area (Å²) in [5, 5.41) is 0. The molecular formula is C21H34O. The summed E-state index contributed by atoms with van der Waals surface area (Å²) >= 11 is 0. The van der Waals surface area contributed by atoms with Crippen molar-refractivity contribution in [2.45, 2.75) is 85.5 Å². The van der Waals surface area contributed by atoms with Gasteiger partial charge in [0.2, 0.25) is 0 Å². The molecule has 4 aliphatic carbocycles. The van der Waals surface area contributed by atoms with E-state index in [1.54, 1.807) is 0 Å². The zero-order valence-corrected chi connectivity index (χ0v) is 15.1. The van der Waals surface area contributed by atoms with Gasteiger partial charge in [0.05, 0.1) is 0 Å². The summed E-state index contributed by atoms with van der Waals surface area (Å²) < 4.78 is 0. The summed E-state index contributed by atoms with van der Waals surface area (Å²) in [7, 11) is 0. The first-order valence-corrected chi connectivity index (χ1v) is 9.82. The van der Waals surface area contributed by atoms with Crippen molar-refractivity contribution in [2.24, 2.45) is 39.9 Å². The maximum absolute atomic E-state index is 12.8. The van der Waals surface area contributed by atoms with Crippen LogP contribution < -0.4 is 0 Å². The lowest BCUT2D eigenvalue weighted by Gasteiger charge is -2.61. The summed E-state index contributed by atoms with van der Waals surface area (Å²) in [6.07, 6.45) is 12.0. The third-order valence-corrected chi connectivity index (χ3v) is 8.85. The number of hydrogen-bond donors (Lipinski definition) is 0. The van der Waals surface area contributed by atoms with Gasteiger partial charge in [0, 0.05) is 11.8 Å². The van der Waals surface area contributed by atoms with Crippen LogP contribution >= 0.6 is 0 Å². The van der Waals surface area contributed by atoms with Gasteiger partial charge in [-0.2, -0.15) is 0 Å². The number of rotatable bonds is 0. The second kappa shape index (κ2) is 4.61. The maximum Gasteiger partial charge on any atom is 0.139 e. The molecule has 0 heterocycles. The van der Waals surface area contributed by atoms with Crippen LogP contribution in [-0.4, -0.2) is 5.78 Å². The van der Waals surface area contributed by atoms with E-state index in [1.165, 1.54) is 51.4 Å². The third kappa shape index (κ3) is 1.80. The van der Waals surface area contributed by atoms with Crippen LogP contribution in [0.1, 0.15) is 85.5 Å². The average molecular weight is 303 g/mol. The molecule has 4 aliphatic rings. The summed E-state index contributed by atoms with van der Waals surface area (Å²) in [6.45, 7) is 9.72. The molecule has 0 aromatic rings. The van der Waals surface area contributed by atoms with Gasteiger partial charge in [-0.15, -0.1) is 0 Å². The fraction of sp³-hybridized carbons (Fsp3) is 0.952. The highest BCUT2D eigenvalue weighted by molar-refractivity contribution is 5.88. The van der Waals surface area contributed by atoms with Crippen molar-refractivity contribution in [3.8, 4) is 0 Å². The van der Waals surface area contributed by atoms with Gasteiger partial charge < -0.3 is 0 Å². The summed E-state index contributed by atoms with van der Waals surface area (Å²) in [6, 6.07) is 0. The third-order valence-electron chi connectivity index (χ3n) is 8.85. The van der Waals surface area contributed by atoms with E-state index in [1.807, 2.05) is 0 Å². The highest BCUT2D eigenvalue weighted by Crippen LogP contribution is 2.68. The normalized spacial score (nSPS) is 53.5. The Bertz CT molecular complexity index is 492. The Kier molecular flexibility index (Phi) is 3.18. The lowest BCUT2D eigenvalue weighted by Crippen LogP contribution is -2.54. The molecule has 0 radical (unpaired) electrons. The minimum absolute atomic E-state index is 0.00251. The Labute approximate surface area is 136 Å². The first kappa shape index (κ1) is 15.2. The first-order chi connectivity index (χ1) is 10.3. The van der Waals surface area contributed by atoms with Gasteiger partial charge in [-0.1, -0.05) is 40.5 Å². The second-order valence-corrected chi connectivity index (χ2v) is 10.3. The molecular weight excluding hydrogens is 268 g/mol. The molecule has 6 atom stereocenters. The predicted octanol–water partition coefficient (Wildman–Crippen LogP) is 5.62. The van der Waals surface area contributed by atoms with Crippen LogP contribution in [0.3, 0.4) is 0 Å². The Morgan fingerprint density at radius 2 is 1.68 bits per heavy atom. The standard InChI is InChI=1S/C21H34O/c1-19(2)13-17(22)21(4)12-10-16-15(18(19)21)9-8-14-7-5-6-11-20(14,16)3/h14-16,18H,5-13H2,1-4H3/t14-,15-,16+,18-,20+,21-/m1/s1. The van der Waals surface area contributed by atoms with E-state index in [2.05, 4.69) is 27.7 Å². The van der Waals surface area contributed by atoms with Crippen molar-refractivity contribution < 1.29 is 4.79 Å². The molecule has 1 nitrogen and oxygen atoms in total. The first-order valence-electron chi connectivity index (χ1n) is 9.82. The Morgan fingerprint density at radius 3 is 2.45 bits per heavy atom. The SMILES string of the molecule is CC1(C)CC(=O)[C@@]2(C)CC[C@H]3[C@@H](CC[C@H]4CCCC[C@@]43C)[C@H]12. The van der Waals surface area contributed by atoms with Gasteiger partial charge in [-0.25, -0.2) is 0 Å². The fourth-order valence-corrected chi connectivity index (χ4v) is 7.98. The van der Waals surface area contributed by atoms with Crippen molar-refractivity contribution in [2.75, 3.05) is 0 Å². The maximum atomic E-state index is 12.8. The zero-order chi connectivity index (χ0) is 15.8. The van der Waals surface area contributed by atoms with Crippen molar-refractivity contribution in [1.82, 2.24) is 0 Å². The van der Waals surface area contributed by atoms with Crippen molar-refractivity contribution in [3.63, 3.8) is 0 Å². The van der Waals surface area contributed by atoms with Crippen LogP contribution in [0, 0.1) is 39.9 Å². The van der Waals surface area contributed by atoms with E-state index in [-0.39, 0.29) is 10.8 Å². The number of Topliss-reactive ketones (excluding diaryl/α,β-unsaturated/α-hetero) is 1. The van der Waals surface area contributed by atoms with Crippen molar-refractivity contribution in [1.29, 1.82) is 0 Å². The topological polar surface area (TPSA) is 17.1 Å². The van der Waals surface area contributed by atoms with Crippen molar-refractivity contribution >= 4 is 5.78 Å². The lowest BCUT2D eigenvalue weighted by molar-refractivity contribution is -0.143. The van der Waals surface area contributed by atoms with Crippen LogP contribution in [0.15, 0.2) is 0 Å². The smallest absolute Gasteiger partial charge is 0.139 e. The van der Waals surface area contributed by atoms with Crippen LogP contribution in [0.25, 0.3) is 0 Å². The van der Waals surface area contributed by atoms with E-state index >= 15 is 0 Å². The van der Waals surface area contributed by atoms with E-state index < -0.39 is 0 Å². The highest BCUT2D eigenvalue weighted by atomic mass is 16.1. The van der Waals surface area contributed by atoms with Gasteiger partial charge in [-0.3, -0.25) is 4.79 Å². The van der Waals surface area contributed by atoms with E-state index in [9.17, 15) is 4.79 Å². The number of carbonyl (C=O) groups excluding carboxylic acids is 1. The Hall–Kier alpha value is -0.330. The molecule has 0 spiro atoms. The van der Waals surface area contributed by atoms with Gasteiger partial charge >= 0.3 is 0 Å². The van der Waals surface area contributed by atoms with E-state index in [4.69, 9.17) is 0 Å². The molecule has 1 heteroatoms. The number of ketones is 1. The minimum atomic E-state index is 0.00251. The Morgan fingerprint density at radius 1 is 0.909 bits per heavy atom. The van der Waals surface area contributed by atoms with Crippen LogP contribution in [-0.2, 0) is 4.79 Å². The quantitative estimate of drug-likeness (QED) is 0.567. The minimum Gasteiger partial charge on any atom is -0.299 e. The number of hydrogen-bond acceptors (Lipinski definition) is 1. The largest absolute Gasteiger partial charge is 0.299 e. The summed E-state index contributed by atoms with van der Waals surface area (Å²) in [5.74, 6) is 3.92. The average Bonchev–Trinajstić information content (AvgIpc) is 2.63. The van der Waals surface area contributed by atoms with Gasteiger partial charge in [0.1, 0.15) is 5.78 Å². The molecule has 0 amide bonds. The zero-order valence-electron chi connectivity index (χ0n) is 15.1. The molecule has 0 aromatic carbocycles. The van der Waals surface area contributed by atoms with Gasteiger partial charge in [-0.05, 0) is 73.0 Å². The predicted molar refractivity (Wildman–Crippen MR) is 90.5 cm³/mol. The van der Waals surface area contributed by atoms with Crippen LogP contribution in [0.2, 0.25) is 0 Å². The molecule has 22 heavy (non-hydrogen) atoms. The molecule has 4 saturated carbocycles. The molecule has 0 bridgehead atoms. The molecule has 0 aromatic heterocycles.